The predicted molar refractivity (Wildman–Crippen MR) is 131 cm³/mol. The molecule has 0 unspecified atom stereocenters. The Balaban J connectivity index is 0.000000269. The Morgan fingerprint density at radius 1 is 1.00 bits per heavy atom. The highest BCUT2D eigenvalue weighted by atomic mass is 15.0. The first kappa shape index (κ1) is 22.7. The van der Waals surface area contributed by atoms with Gasteiger partial charge in [0.1, 0.15) is 5.84 Å². The topological polar surface area (TPSA) is 100 Å². The Morgan fingerprint density at radius 3 is 2.30 bits per heavy atom. The van der Waals surface area contributed by atoms with Gasteiger partial charge in [-0.05, 0) is 54.3 Å². The molecular weight excluding hydrogens is 370 g/mol. The van der Waals surface area contributed by atoms with E-state index in [1.165, 1.54) is 11.8 Å². The van der Waals surface area contributed by atoms with Gasteiger partial charge in [-0.25, -0.2) is 0 Å². The van der Waals surface area contributed by atoms with Crippen LogP contribution in [0.25, 0.3) is 0 Å². The van der Waals surface area contributed by atoms with E-state index in [4.69, 9.17) is 16.9 Å². The number of anilines is 3. The summed E-state index contributed by atoms with van der Waals surface area (Å²) in [5, 5.41) is 10.6. The normalized spacial score (nSPS) is 10.9. The van der Waals surface area contributed by atoms with Crippen molar-refractivity contribution in [3.8, 4) is 0 Å². The van der Waals surface area contributed by atoms with Crippen molar-refractivity contribution in [2.45, 2.75) is 26.7 Å². The molecule has 156 valence electrons. The molecule has 0 spiro atoms. The molecule has 3 rings (SSSR count). The lowest BCUT2D eigenvalue weighted by atomic mass is 10.0. The lowest BCUT2D eigenvalue weighted by Gasteiger charge is -2.13. The monoisotopic (exact) mass is 401 g/mol. The molecule has 0 saturated carbocycles. The Hall–Kier alpha value is -3.60. The zero-order valence-electron chi connectivity index (χ0n) is 18.1. The van der Waals surface area contributed by atoms with Gasteiger partial charge in [-0.3, -0.25) is 4.99 Å². The van der Waals surface area contributed by atoms with Crippen molar-refractivity contribution >= 4 is 29.1 Å². The molecule has 0 amide bonds. The maximum atomic E-state index is 7.34. The van der Waals surface area contributed by atoms with Crippen LogP contribution < -0.4 is 16.8 Å². The smallest absolute Gasteiger partial charge is 0.132 e. The summed E-state index contributed by atoms with van der Waals surface area (Å²) in [5.74, 6) is 1.37. The molecule has 6 N–H and O–H groups in total. The van der Waals surface area contributed by atoms with E-state index in [1.807, 2.05) is 61.5 Å². The molecule has 0 aliphatic carbocycles. The molecule has 0 aliphatic rings. The fraction of sp³-hybridized carbons (Fsp3) is 0.200. The van der Waals surface area contributed by atoms with Crippen molar-refractivity contribution in [1.29, 1.82) is 5.41 Å². The molecular formula is C25H31N5. The van der Waals surface area contributed by atoms with Gasteiger partial charge in [-0.1, -0.05) is 50.2 Å². The van der Waals surface area contributed by atoms with Gasteiger partial charge < -0.3 is 22.2 Å². The molecule has 0 saturated heterocycles. The van der Waals surface area contributed by atoms with Crippen LogP contribution in [0.2, 0.25) is 0 Å². The summed E-state index contributed by atoms with van der Waals surface area (Å²) in [6, 6.07) is 21.6. The van der Waals surface area contributed by atoms with E-state index in [-0.39, 0.29) is 0 Å². The lowest BCUT2D eigenvalue weighted by molar-refractivity contribution is 0.867. The second-order valence-electron chi connectivity index (χ2n) is 7.32. The van der Waals surface area contributed by atoms with Crippen molar-refractivity contribution in [1.82, 2.24) is 0 Å². The third-order valence-electron chi connectivity index (χ3n) is 4.71. The molecule has 0 aliphatic heterocycles. The van der Waals surface area contributed by atoms with Crippen molar-refractivity contribution in [2.75, 3.05) is 23.8 Å². The van der Waals surface area contributed by atoms with Crippen LogP contribution in [0.1, 0.15) is 42.0 Å². The van der Waals surface area contributed by atoms with E-state index in [1.54, 1.807) is 13.1 Å². The van der Waals surface area contributed by atoms with Gasteiger partial charge in [-0.2, -0.15) is 0 Å². The fourth-order valence-corrected chi connectivity index (χ4v) is 2.91. The van der Waals surface area contributed by atoms with Gasteiger partial charge in [0.05, 0.1) is 0 Å². The number of nitrogen functional groups attached to an aromatic ring is 2. The predicted octanol–water partition coefficient (Wildman–Crippen LogP) is 5.46. The number of hydrogen-bond acceptors (Lipinski definition) is 4. The second kappa shape index (κ2) is 10.8. The summed E-state index contributed by atoms with van der Waals surface area (Å²) in [5.41, 5.74) is 17.9. The number of aryl methyl sites for hydroxylation is 1. The van der Waals surface area contributed by atoms with Crippen molar-refractivity contribution in [3.63, 3.8) is 0 Å². The SMILES string of the molecule is CC(C)c1cccc(N)c1.CN=C(Nc1ccc(N)c(C=N)c1)c1ccccc1C. The van der Waals surface area contributed by atoms with Crippen molar-refractivity contribution in [2.24, 2.45) is 4.99 Å². The van der Waals surface area contributed by atoms with E-state index in [2.05, 4.69) is 30.2 Å². The third kappa shape index (κ3) is 6.21. The number of amidine groups is 1. The molecule has 0 atom stereocenters. The highest BCUT2D eigenvalue weighted by Gasteiger charge is 2.07. The quantitative estimate of drug-likeness (QED) is 0.265. The summed E-state index contributed by atoms with van der Waals surface area (Å²) in [6.45, 7) is 6.37. The van der Waals surface area contributed by atoms with Crippen LogP contribution in [0, 0.1) is 12.3 Å². The third-order valence-corrected chi connectivity index (χ3v) is 4.71. The summed E-state index contributed by atoms with van der Waals surface area (Å²) in [6.07, 6.45) is 1.25. The Labute approximate surface area is 179 Å². The molecule has 30 heavy (non-hydrogen) atoms. The van der Waals surface area contributed by atoms with E-state index in [0.29, 0.717) is 17.2 Å². The van der Waals surface area contributed by atoms with Crippen LogP contribution in [0.4, 0.5) is 17.1 Å². The largest absolute Gasteiger partial charge is 0.399 e. The zero-order valence-corrected chi connectivity index (χ0v) is 18.1. The van der Waals surface area contributed by atoms with Gasteiger partial charge in [0, 0.05) is 41.5 Å². The molecule has 0 radical (unpaired) electrons. The molecule has 0 aromatic heterocycles. The average molecular weight is 402 g/mol. The van der Waals surface area contributed by atoms with Gasteiger partial charge in [0.25, 0.3) is 0 Å². The molecule has 0 fully saturated rings. The summed E-state index contributed by atoms with van der Waals surface area (Å²) < 4.78 is 0. The van der Waals surface area contributed by atoms with E-state index >= 15 is 0 Å². The van der Waals surface area contributed by atoms with Crippen molar-refractivity contribution in [3.05, 3.63) is 89.0 Å². The molecule has 3 aromatic rings. The number of rotatable bonds is 4. The Kier molecular flexibility index (Phi) is 8.18. The Bertz CT molecular complexity index is 1020. The standard InChI is InChI=1S/C16H18N4.C9H13N/c1-11-5-3-4-6-14(11)16(19-2)20-13-7-8-15(18)12(9-13)10-17;1-7(2)8-4-3-5-9(10)6-8/h3-10,17H,18H2,1-2H3,(H,19,20);3-7H,10H2,1-2H3. The summed E-state index contributed by atoms with van der Waals surface area (Å²) in [7, 11) is 1.75. The number of nitrogens with one attached hydrogen (secondary N) is 2. The van der Waals surface area contributed by atoms with Crippen LogP contribution in [0.15, 0.2) is 71.7 Å². The minimum Gasteiger partial charge on any atom is -0.399 e. The first-order chi connectivity index (χ1) is 14.3. The maximum Gasteiger partial charge on any atom is 0.132 e. The first-order valence-electron chi connectivity index (χ1n) is 9.91. The van der Waals surface area contributed by atoms with E-state index in [9.17, 15) is 0 Å². The van der Waals surface area contributed by atoms with Gasteiger partial charge in [-0.15, -0.1) is 0 Å². The lowest BCUT2D eigenvalue weighted by Crippen LogP contribution is -2.15. The highest BCUT2D eigenvalue weighted by molar-refractivity contribution is 6.09. The number of hydrogen-bond donors (Lipinski definition) is 4. The van der Waals surface area contributed by atoms with Crippen LogP contribution in [-0.4, -0.2) is 19.1 Å². The molecule has 0 bridgehead atoms. The van der Waals surface area contributed by atoms with Gasteiger partial charge in [0.15, 0.2) is 0 Å². The first-order valence-corrected chi connectivity index (χ1v) is 9.91. The van der Waals surface area contributed by atoms with Gasteiger partial charge in [0.2, 0.25) is 0 Å². The van der Waals surface area contributed by atoms with E-state index < -0.39 is 0 Å². The zero-order chi connectivity index (χ0) is 22.1. The molecule has 5 heteroatoms. The number of benzene rings is 3. The molecule has 3 aromatic carbocycles. The van der Waals surface area contributed by atoms with Crippen LogP contribution in [-0.2, 0) is 0 Å². The summed E-state index contributed by atoms with van der Waals surface area (Å²) >= 11 is 0. The Morgan fingerprint density at radius 2 is 1.73 bits per heavy atom. The minimum atomic E-state index is 0.573. The number of nitrogens with two attached hydrogens (primary N) is 2. The van der Waals surface area contributed by atoms with Crippen molar-refractivity contribution < 1.29 is 0 Å². The van der Waals surface area contributed by atoms with Crippen LogP contribution in [0.3, 0.4) is 0 Å². The number of nitrogens with zero attached hydrogens (tertiary/aromatic N) is 1. The summed E-state index contributed by atoms with van der Waals surface area (Å²) in [4.78, 5) is 4.31. The average Bonchev–Trinajstić information content (AvgIpc) is 2.74. The van der Waals surface area contributed by atoms with Crippen LogP contribution in [0.5, 0.6) is 0 Å². The second-order valence-corrected chi connectivity index (χ2v) is 7.32. The highest BCUT2D eigenvalue weighted by Crippen LogP contribution is 2.18. The van der Waals surface area contributed by atoms with Gasteiger partial charge >= 0.3 is 0 Å². The maximum absolute atomic E-state index is 7.34. The van der Waals surface area contributed by atoms with E-state index in [0.717, 1.165) is 28.3 Å². The fourth-order valence-electron chi connectivity index (χ4n) is 2.91. The molecule has 0 heterocycles. The molecule has 5 nitrogen and oxygen atoms in total. The van der Waals surface area contributed by atoms with Crippen LogP contribution >= 0.6 is 0 Å². The number of aliphatic imine (C=N–C) groups is 1. The minimum absolute atomic E-state index is 0.573.